The molecule has 1 aromatic heterocycles. The lowest BCUT2D eigenvalue weighted by molar-refractivity contribution is 0.0547. The van der Waals surface area contributed by atoms with E-state index in [1.807, 2.05) is 38.1 Å². The van der Waals surface area contributed by atoms with Crippen molar-refractivity contribution in [2.75, 3.05) is 6.54 Å². The number of nitrogens with zero attached hydrogens (tertiary/aromatic N) is 2. The third-order valence-corrected chi connectivity index (χ3v) is 4.66. The minimum absolute atomic E-state index is 0.155. The largest absolute Gasteiger partial charge is 0.387 e. The fourth-order valence-electron chi connectivity index (χ4n) is 3.04. The molecule has 5 nitrogen and oxygen atoms in total. The Kier molecular flexibility index (Phi) is 3.82. The summed E-state index contributed by atoms with van der Waals surface area (Å²) in [6.07, 6.45) is -0.723. The molecule has 2 aromatic rings. The monoisotopic (exact) mass is 312 g/mol. The SMILES string of the molecule is Cc1cc(C(=O)N2Cc3ccccc3C(O)C2)c(=O)n(C)c1C. The summed E-state index contributed by atoms with van der Waals surface area (Å²) in [5, 5.41) is 10.3. The second-order valence-corrected chi connectivity index (χ2v) is 6.09. The van der Waals surface area contributed by atoms with Crippen molar-refractivity contribution in [3.8, 4) is 0 Å². The summed E-state index contributed by atoms with van der Waals surface area (Å²) in [6.45, 7) is 4.34. The molecule has 0 radical (unpaired) electrons. The van der Waals surface area contributed by atoms with Crippen molar-refractivity contribution in [1.82, 2.24) is 9.47 Å². The zero-order valence-electron chi connectivity index (χ0n) is 13.5. The van der Waals surface area contributed by atoms with Gasteiger partial charge in [0.05, 0.1) is 12.6 Å². The summed E-state index contributed by atoms with van der Waals surface area (Å²) in [4.78, 5) is 26.7. The van der Waals surface area contributed by atoms with E-state index in [1.54, 1.807) is 18.0 Å². The Morgan fingerprint density at radius 2 is 1.96 bits per heavy atom. The predicted molar refractivity (Wildman–Crippen MR) is 87.3 cm³/mol. The van der Waals surface area contributed by atoms with Crippen LogP contribution in [0.25, 0.3) is 0 Å². The maximum atomic E-state index is 12.8. The second kappa shape index (κ2) is 5.66. The molecular formula is C18H20N2O3. The van der Waals surface area contributed by atoms with Gasteiger partial charge < -0.3 is 14.6 Å². The minimum atomic E-state index is -0.723. The average molecular weight is 312 g/mol. The molecule has 1 aliphatic rings. The van der Waals surface area contributed by atoms with Crippen LogP contribution in [-0.2, 0) is 13.6 Å². The highest BCUT2D eigenvalue weighted by molar-refractivity contribution is 5.94. The minimum Gasteiger partial charge on any atom is -0.387 e. The number of hydrogen-bond donors (Lipinski definition) is 1. The molecular weight excluding hydrogens is 292 g/mol. The molecule has 0 spiro atoms. The van der Waals surface area contributed by atoms with Crippen molar-refractivity contribution >= 4 is 5.91 Å². The lowest BCUT2D eigenvalue weighted by atomic mass is 9.97. The fraction of sp³-hybridized carbons (Fsp3) is 0.333. The number of fused-ring (bicyclic) bond motifs is 1. The van der Waals surface area contributed by atoms with Crippen molar-refractivity contribution in [2.24, 2.45) is 7.05 Å². The predicted octanol–water partition coefficient (Wildman–Crippen LogP) is 1.69. The Morgan fingerprint density at radius 1 is 1.26 bits per heavy atom. The Balaban J connectivity index is 1.99. The normalized spacial score (nSPS) is 17.0. The van der Waals surface area contributed by atoms with E-state index in [4.69, 9.17) is 0 Å². The van der Waals surface area contributed by atoms with Gasteiger partial charge in [0, 0.05) is 19.3 Å². The van der Waals surface area contributed by atoms with Gasteiger partial charge in [0.25, 0.3) is 11.5 Å². The molecule has 3 rings (SSSR count). The van der Waals surface area contributed by atoms with Crippen molar-refractivity contribution in [2.45, 2.75) is 26.5 Å². The van der Waals surface area contributed by atoms with E-state index >= 15 is 0 Å². The summed E-state index contributed by atoms with van der Waals surface area (Å²) >= 11 is 0. The van der Waals surface area contributed by atoms with Crippen LogP contribution >= 0.6 is 0 Å². The van der Waals surface area contributed by atoms with Crippen molar-refractivity contribution < 1.29 is 9.90 Å². The van der Waals surface area contributed by atoms with Crippen LogP contribution in [-0.4, -0.2) is 27.0 Å². The van der Waals surface area contributed by atoms with Crippen LogP contribution in [0.2, 0.25) is 0 Å². The molecule has 120 valence electrons. The maximum absolute atomic E-state index is 12.8. The third kappa shape index (κ3) is 2.57. The Morgan fingerprint density at radius 3 is 2.70 bits per heavy atom. The number of carbonyl (C=O) groups excluding carboxylic acids is 1. The molecule has 1 amide bonds. The maximum Gasteiger partial charge on any atom is 0.263 e. The highest BCUT2D eigenvalue weighted by Gasteiger charge is 2.28. The van der Waals surface area contributed by atoms with E-state index in [2.05, 4.69) is 0 Å². The molecule has 5 heteroatoms. The second-order valence-electron chi connectivity index (χ2n) is 6.09. The van der Waals surface area contributed by atoms with Gasteiger partial charge in [-0.2, -0.15) is 0 Å². The zero-order valence-corrected chi connectivity index (χ0v) is 13.5. The van der Waals surface area contributed by atoms with E-state index in [9.17, 15) is 14.7 Å². The van der Waals surface area contributed by atoms with Crippen LogP contribution in [0, 0.1) is 13.8 Å². The molecule has 0 bridgehead atoms. The molecule has 23 heavy (non-hydrogen) atoms. The molecule has 1 aromatic carbocycles. The van der Waals surface area contributed by atoms with Gasteiger partial charge in [0.1, 0.15) is 5.56 Å². The molecule has 1 N–H and O–H groups in total. The highest BCUT2D eigenvalue weighted by atomic mass is 16.3. The standard InChI is InChI=1S/C18H20N2O3/c1-11-8-15(17(22)19(3)12(11)2)18(23)20-9-13-6-4-5-7-14(13)16(21)10-20/h4-8,16,21H,9-10H2,1-3H3. The number of amides is 1. The van der Waals surface area contributed by atoms with Gasteiger partial charge in [0.15, 0.2) is 0 Å². The van der Waals surface area contributed by atoms with E-state index in [0.29, 0.717) is 6.54 Å². The Hall–Kier alpha value is -2.40. The van der Waals surface area contributed by atoms with Gasteiger partial charge in [-0.15, -0.1) is 0 Å². The number of aromatic nitrogens is 1. The average Bonchev–Trinajstić information content (AvgIpc) is 2.55. The van der Waals surface area contributed by atoms with Crippen LogP contribution in [0.1, 0.15) is 38.8 Å². The molecule has 0 saturated carbocycles. The Labute approximate surface area is 134 Å². The van der Waals surface area contributed by atoms with Crippen LogP contribution in [0.5, 0.6) is 0 Å². The quantitative estimate of drug-likeness (QED) is 0.871. The number of hydrogen-bond acceptors (Lipinski definition) is 3. The molecule has 1 aliphatic heterocycles. The topological polar surface area (TPSA) is 62.5 Å². The summed E-state index contributed by atoms with van der Waals surface area (Å²) in [6, 6.07) is 9.17. The van der Waals surface area contributed by atoms with E-state index in [-0.39, 0.29) is 23.6 Å². The highest BCUT2D eigenvalue weighted by Crippen LogP contribution is 2.27. The lowest BCUT2D eigenvalue weighted by Gasteiger charge is -2.32. The molecule has 0 fully saturated rings. The first-order valence-electron chi connectivity index (χ1n) is 7.62. The number of β-amino-alcohol motifs (C(OH)–C–C–N with tert-alkyl or cyclic N) is 1. The van der Waals surface area contributed by atoms with Crippen molar-refractivity contribution in [3.63, 3.8) is 0 Å². The summed E-state index contributed by atoms with van der Waals surface area (Å²) in [5.41, 5.74) is 3.36. The van der Waals surface area contributed by atoms with E-state index < -0.39 is 6.10 Å². The van der Waals surface area contributed by atoms with Gasteiger partial charge in [-0.1, -0.05) is 24.3 Å². The smallest absolute Gasteiger partial charge is 0.263 e. The fourth-order valence-corrected chi connectivity index (χ4v) is 3.04. The van der Waals surface area contributed by atoms with Crippen LogP contribution < -0.4 is 5.56 Å². The first kappa shape index (κ1) is 15.5. The van der Waals surface area contributed by atoms with Crippen LogP contribution in [0.15, 0.2) is 35.1 Å². The van der Waals surface area contributed by atoms with Crippen molar-refractivity contribution in [3.05, 3.63) is 68.6 Å². The summed E-state index contributed by atoms with van der Waals surface area (Å²) in [5.74, 6) is -0.331. The third-order valence-electron chi connectivity index (χ3n) is 4.66. The number of carbonyl (C=O) groups is 1. The van der Waals surface area contributed by atoms with E-state index in [0.717, 1.165) is 22.4 Å². The van der Waals surface area contributed by atoms with Crippen LogP contribution in [0.3, 0.4) is 0 Å². The number of aryl methyl sites for hydroxylation is 1. The molecule has 0 saturated heterocycles. The Bertz CT molecular complexity index is 839. The molecule has 1 atom stereocenters. The van der Waals surface area contributed by atoms with Gasteiger partial charge in [-0.25, -0.2) is 0 Å². The molecule has 1 unspecified atom stereocenters. The van der Waals surface area contributed by atoms with E-state index in [1.165, 1.54) is 4.57 Å². The first-order chi connectivity index (χ1) is 10.9. The number of aliphatic hydroxyl groups is 1. The van der Waals surface area contributed by atoms with Gasteiger partial charge >= 0.3 is 0 Å². The van der Waals surface area contributed by atoms with Gasteiger partial charge in [-0.05, 0) is 36.6 Å². The lowest BCUT2D eigenvalue weighted by Crippen LogP contribution is -2.41. The summed E-state index contributed by atoms with van der Waals surface area (Å²) in [7, 11) is 1.67. The van der Waals surface area contributed by atoms with Crippen LogP contribution in [0.4, 0.5) is 0 Å². The number of benzene rings is 1. The van der Waals surface area contributed by atoms with Crippen molar-refractivity contribution in [1.29, 1.82) is 0 Å². The number of aliphatic hydroxyl groups excluding tert-OH is 1. The zero-order chi connectivity index (χ0) is 16.7. The molecule has 0 aliphatic carbocycles. The van der Waals surface area contributed by atoms with Gasteiger partial charge in [-0.3, -0.25) is 9.59 Å². The number of pyridine rings is 1. The molecule has 2 heterocycles. The summed E-state index contributed by atoms with van der Waals surface area (Å²) < 4.78 is 1.50. The first-order valence-corrected chi connectivity index (χ1v) is 7.62. The van der Waals surface area contributed by atoms with Gasteiger partial charge in [0.2, 0.25) is 0 Å². The number of rotatable bonds is 1.